The molecule has 0 saturated heterocycles. The Kier molecular flexibility index (Phi) is 4.56. The Labute approximate surface area is 158 Å². The lowest BCUT2D eigenvalue weighted by Gasteiger charge is -2.07. The highest BCUT2D eigenvalue weighted by atomic mass is 32.1. The first-order valence-electron chi connectivity index (χ1n) is 8.05. The number of rotatable bonds is 4. The SMILES string of the molecule is O=C(N/C=C(/c1ccccc1)c1cccs1)c1c(O)sc2ccccc12. The van der Waals surface area contributed by atoms with Crippen molar-refractivity contribution >= 4 is 44.2 Å². The van der Waals surface area contributed by atoms with E-state index < -0.39 is 0 Å². The van der Waals surface area contributed by atoms with Gasteiger partial charge in [0.05, 0.1) is 0 Å². The first kappa shape index (κ1) is 16.6. The van der Waals surface area contributed by atoms with Gasteiger partial charge in [0.2, 0.25) is 0 Å². The number of fused-ring (bicyclic) bond motifs is 1. The van der Waals surface area contributed by atoms with E-state index >= 15 is 0 Å². The molecule has 0 bridgehead atoms. The minimum absolute atomic E-state index is 0.0366. The fourth-order valence-corrected chi connectivity index (χ4v) is 4.51. The molecule has 26 heavy (non-hydrogen) atoms. The monoisotopic (exact) mass is 377 g/mol. The summed E-state index contributed by atoms with van der Waals surface area (Å²) >= 11 is 2.83. The Hall–Kier alpha value is -2.89. The van der Waals surface area contributed by atoms with Gasteiger partial charge in [0.25, 0.3) is 5.91 Å². The molecule has 2 aromatic heterocycles. The second-order valence-electron chi connectivity index (χ2n) is 5.65. The zero-order chi connectivity index (χ0) is 17.9. The number of hydrogen-bond donors (Lipinski definition) is 2. The van der Waals surface area contributed by atoms with E-state index in [-0.39, 0.29) is 11.0 Å². The Balaban J connectivity index is 1.70. The molecule has 0 atom stereocenters. The van der Waals surface area contributed by atoms with E-state index in [0.29, 0.717) is 5.56 Å². The van der Waals surface area contributed by atoms with Crippen molar-refractivity contribution in [2.45, 2.75) is 0 Å². The first-order chi connectivity index (χ1) is 12.7. The average Bonchev–Trinajstić information content (AvgIpc) is 3.29. The van der Waals surface area contributed by atoms with Crippen LogP contribution < -0.4 is 5.32 Å². The van der Waals surface area contributed by atoms with Crippen LogP contribution in [-0.2, 0) is 0 Å². The van der Waals surface area contributed by atoms with Gasteiger partial charge >= 0.3 is 0 Å². The fourth-order valence-electron chi connectivity index (χ4n) is 2.81. The predicted molar refractivity (Wildman–Crippen MR) is 109 cm³/mol. The van der Waals surface area contributed by atoms with Crippen molar-refractivity contribution in [3.63, 3.8) is 0 Å². The lowest BCUT2D eigenvalue weighted by Crippen LogP contribution is -2.17. The minimum Gasteiger partial charge on any atom is -0.499 e. The summed E-state index contributed by atoms with van der Waals surface area (Å²) in [6.07, 6.45) is 1.72. The zero-order valence-corrected chi connectivity index (χ0v) is 15.3. The number of thiophene rings is 2. The van der Waals surface area contributed by atoms with Gasteiger partial charge in [-0.1, -0.05) is 65.9 Å². The Morgan fingerprint density at radius 1 is 0.962 bits per heavy atom. The van der Waals surface area contributed by atoms with Crippen LogP contribution in [0.4, 0.5) is 0 Å². The van der Waals surface area contributed by atoms with Crippen LogP contribution in [0, 0.1) is 0 Å². The van der Waals surface area contributed by atoms with Gasteiger partial charge in [-0.25, -0.2) is 0 Å². The third-order valence-corrected chi connectivity index (χ3v) is 5.90. The molecular weight excluding hydrogens is 362 g/mol. The molecule has 0 saturated carbocycles. The van der Waals surface area contributed by atoms with Crippen LogP contribution in [0.15, 0.2) is 78.3 Å². The van der Waals surface area contributed by atoms with Crippen LogP contribution in [0.1, 0.15) is 20.8 Å². The van der Waals surface area contributed by atoms with Crippen molar-refractivity contribution in [3.8, 4) is 5.06 Å². The van der Waals surface area contributed by atoms with Crippen LogP contribution in [0.2, 0.25) is 0 Å². The average molecular weight is 377 g/mol. The highest BCUT2D eigenvalue weighted by molar-refractivity contribution is 7.21. The molecule has 4 aromatic rings. The van der Waals surface area contributed by atoms with Gasteiger partial charge in [0.15, 0.2) is 5.06 Å². The molecule has 2 N–H and O–H groups in total. The summed E-state index contributed by atoms with van der Waals surface area (Å²) < 4.78 is 0.890. The topological polar surface area (TPSA) is 49.3 Å². The molecule has 0 aliphatic carbocycles. The van der Waals surface area contributed by atoms with Gasteiger partial charge in [-0.15, -0.1) is 11.3 Å². The Morgan fingerprint density at radius 2 is 1.73 bits per heavy atom. The maximum atomic E-state index is 12.7. The molecule has 0 spiro atoms. The highest BCUT2D eigenvalue weighted by Crippen LogP contribution is 2.36. The van der Waals surface area contributed by atoms with E-state index in [0.717, 1.165) is 26.1 Å². The van der Waals surface area contributed by atoms with Gasteiger partial charge in [0, 0.05) is 26.7 Å². The van der Waals surface area contributed by atoms with E-state index in [2.05, 4.69) is 5.32 Å². The van der Waals surface area contributed by atoms with Gasteiger partial charge < -0.3 is 10.4 Å². The molecule has 4 rings (SSSR count). The van der Waals surface area contributed by atoms with E-state index in [1.54, 1.807) is 17.5 Å². The van der Waals surface area contributed by atoms with E-state index in [1.165, 1.54) is 11.3 Å². The van der Waals surface area contributed by atoms with Crippen molar-refractivity contribution in [1.82, 2.24) is 5.32 Å². The molecule has 0 fully saturated rings. The van der Waals surface area contributed by atoms with E-state index in [4.69, 9.17) is 0 Å². The number of carbonyl (C=O) groups is 1. The standard InChI is InChI=1S/C21H15NO2S2/c23-20(19-15-9-4-5-10-18(15)26-21(19)24)22-13-16(17-11-6-12-25-17)14-7-2-1-3-8-14/h1-13,24H,(H,22,23)/b16-13-. The van der Waals surface area contributed by atoms with Crippen molar-refractivity contribution in [1.29, 1.82) is 0 Å². The maximum Gasteiger partial charge on any atom is 0.260 e. The van der Waals surface area contributed by atoms with Gasteiger partial charge in [0.1, 0.15) is 5.56 Å². The number of benzene rings is 2. The maximum absolute atomic E-state index is 12.7. The molecule has 0 unspecified atom stereocenters. The molecule has 0 aliphatic heterocycles. The predicted octanol–water partition coefficient (Wildman–Crippen LogP) is 5.49. The van der Waals surface area contributed by atoms with Crippen molar-refractivity contribution < 1.29 is 9.90 Å². The lowest BCUT2D eigenvalue weighted by atomic mass is 10.1. The molecule has 128 valence electrons. The first-order valence-corrected chi connectivity index (χ1v) is 9.74. The summed E-state index contributed by atoms with van der Waals surface area (Å²) in [6, 6.07) is 21.4. The smallest absolute Gasteiger partial charge is 0.260 e. The molecule has 2 aromatic carbocycles. The number of nitrogens with one attached hydrogen (secondary N) is 1. The summed E-state index contributed by atoms with van der Waals surface area (Å²) in [5, 5.41) is 15.9. The lowest BCUT2D eigenvalue weighted by molar-refractivity contribution is 0.0970. The second kappa shape index (κ2) is 7.15. The van der Waals surface area contributed by atoms with Gasteiger partial charge in [-0.2, -0.15) is 0 Å². The molecule has 3 nitrogen and oxygen atoms in total. The molecule has 1 amide bonds. The van der Waals surface area contributed by atoms with Gasteiger partial charge in [-0.3, -0.25) is 4.79 Å². The van der Waals surface area contributed by atoms with Crippen molar-refractivity contribution in [3.05, 3.63) is 94.3 Å². The van der Waals surface area contributed by atoms with Gasteiger partial charge in [-0.05, 0) is 23.1 Å². The largest absolute Gasteiger partial charge is 0.499 e. The Morgan fingerprint density at radius 3 is 2.50 bits per heavy atom. The van der Waals surface area contributed by atoms with E-state index in [1.807, 2.05) is 72.1 Å². The van der Waals surface area contributed by atoms with Crippen molar-refractivity contribution in [2.24, 2.45) is 0 Å². The molecular formula is C21H15NO2S2. The zero-order valence-electron chi connectivity index (χ0n) is 13.7. The van der Waals surface area contributed by atoms with E-state index in [9.17, 15) is 9.90 Å². The van der Waals surface area contributed by atoms with Crippen molar-refractivity contribution in [2.75, 3.05) is 0 Å². The van der Waals surface area contributed by atoms with Crippen LogP contribution in [0.25, 0.3) is 15.7 Å². The van der Waals surface area contributed by atoms with Crippen LogP contribution in [0.3, 0.4) is 0 Å². The number of hydrogen-bond acceptors (Lipinski definition) is 4. The normalized spacial score (nSPS) is 11.6. The quantitative estimate of drug-likeness (QED) is 0.494. The summed E-state index contributed by atoms with van der Waals surface area (Å²) in [7, 11) is 0. The molecule has 0 radical (unpaired) electrons. The molecule has 2 heterocycles. The van der Waals surface area contributed by atoms with Crippen LogP contribution in [-0.4, -0.2) is 11.0 Å². The molecule has 0 aliphatic rings. The van der Waals surface area contributed by atoms with Crippen LogP contribution in [0.5, 0.6) is 5.06 Å². The van der Waals surface area contributed by atoms with Crippen LogP contribution >= 0.6 is 22.7 Å². The molecule has 5 heteroatoms. The third kappa shape index (κ3) is 3.14. The summed E-state index contributed by atoms with van der Waals surface area (Å²) in [5.74, 6) is -0.315. The minimum atomic E-state index is -0.315. The number of aromatic hydroxyl groups is 1. The number of carbonyl (C=O) groups excluding carboxylic acids is 1. The third-order valence-electron chi connectivity index (χ3n) is 4.02. The fraction of sp³-hybridized carbons (Fsp3) is 0. The number of amides is 1. The summed E-state index contributed by atoms with van der Waals surface area (Å²) in [4.78, 5) is 13.8. The summed E-state index contributed by atoms with van der Waals surface area (Å²) in [5.41, 5.74) is 2.28. The second-order valence-corrected chi connectivity index (χ2v) is 7.63. The Bertz CT molecular complexity index is 1080. The summed E-state index contributed by atoms with van der Waals surface area (Å²) in [6.45, 7) is 0. The highest BCUT2D eigenvalue weighted by Gasteiger charge is 2.18.